The maximum Gasteiger partial charge on any atom is 0.226 e. The fourth-order valence-corrected chi connectivity index (χ4v) is 3.37. The number of methoxy groups -OCH3 is 1. The standard InChI is InChI=1S/C23H24FN7O2/c1-3-14-5-6-15(11-26-14)30-18-8-7-16(21(24)31-18)20(32)17-12-27-23-19(17)22(28-13-29-23)25-9-4-10-33-2/h5-8,11-13H,3-4,9-10H2,1-2H3,(H,30,31)(H2,25,27,28,29). The molecule has 0 spiro atoms. The normalized spacial score (nSPS) is 11.0. The van der Waals surface area contributed by atoms with E-state index in [2.05, 4.69) is 35.6 Å². The molecule has 0 atom stereocenters. The minimum atomic E-state index is -0.871. The van der Waals surface area contributed by atoms with E-state index in [4.69, 9.17) is 4.74 Å². The summed E-state index contributed by atoms with van der Waals surface area (Å²) in [6.45, 7) is 3.21. The summed E-state index contributed by atoms with van der Waals surface area (Å²) in [6.07, 6.45) is 6.15. The number of carbonyl (C=O) groups excluding carboxylic acids is 1. The minimum absolute atomic E-state index is 0.143. The molecule has 170 valence electrons. The van der Waals surface area contributed by atoms with Crippen LogP contribution in [0, 0.1) is 5.95 Å². The average molecular weight is 449 g/mol. The van der Waals surface area contributed by atoms with Crippen LogP contribution in [0.4, 0.5) is 21.7 Å². The number of pyridine rings is 2. The van der Waals surface area contributed by atoms with Crippen molar-refractivity contribution < 1.29 is 13.9 Å². The number of hydrogen-bond acceptors (Lipinski definition) is 8. The van der Waals surface area contributed by atoms with Gasteiger partial charge in [0.25, 0.3) is 0 Å². The van der Waals surface area contributed by atoms with Gasteiger partial charge in [0, 0.05) is 32.2 Å². The van der Waals surface area contributed by atoms with Crippen molar-refractivity contribution in [1.82, 2.24) is 24.9 Å². The first-order valence-corrected chi connectivity index (χ1v) is 10.6. The van der Waals surface area contributed by atoms with Crippen LogP contribution in [0.3, 0.4) is 0 Å². The fraction of sp³-hybridized carbons (Fsp3) is 0.261. The van der Waals surface area contributed by atoms with E-state index in [1.54, 1.807) is 19.4 Å². The Hall–Kier alpha value is -3.92. The number of halogens is 1. The maximum absolute atomic E-state index is 14.8. The van der Waals surface area contributed by atoms with Gasteiger partial charge in [0.15, 0.2) is 5.78 Å². The molecule has 0 saturated carbocycles. The lowest BCUT2D eigenvalue weighted by Crippen LogP contribution is -2.10. The first-order valence-electron chi connectivity index (χ1n) is 10.6. The maximum atomic E-state index is 14.8. The molecular weight excluding hydrogens is 425 g/mol. The van der Waals surface area contributed by atoms with E-state index >= 15 is 0 Å². The number of aryl methyl sites for hydroxylation is 1. The molecule has 10 heteroatoms. The highest BCUT2D eigenvalue weighted by Gasteiger charge is 2.22. The molecule has 4 aromatic rings. The first kappa shape index (κ1) is 22.3. The lowest BCUT2D eigenvalue weighted by Gasteiger charge is -2.09. The quantitative estimate of drug-likeness (QED) is 0.190. The number of nitrogens with zero attached hydrogens (tertiary/aromatic N) is 4. The SMILES string of the molecule is CCc1ccc(Nc2ccc(C(=O)c3c[nH]c4ncnc(NCCCOC)c34)c(F)n2)cn1. The highest BCUT2D eigenvalue weighted by Crippen LogP contribution is 2.26. The highest BCUT2D eigenvalue weighted by atomic mass is 19.1. The molecule has 9 nitrogen and oxygen atoms in total. The molecular formula is C23H24FN7O2. The summed E-state index contributed by atoms with van der Waals surface area (Å²) in [4.78, 5) is 32.8. The van der Waals surface area contributed by atoms with Gasteiger partial charge in [-0.2, -0.15) is 4.39 Å². The first-order chi connectivity index (χ1) is 16.1. The Bertz CT molecular complexity index is 1260. The van der Waals surface area contributed by atoms with Crippen LogP contribution in [0.15, 0.2) is 43.0 Å². The predicted octanol–water partition coefficient (Wildman–Crippen LogP) is 3.87. The van der Waals surface area contributed by atoms with Gasteiger partial charge < -0.3 is 20.4 Å². The van der Waals surface area contributed by atoms with Crippen molar-refractivity contribution in [2.75, 3.05) is 30.9 Å². The molecule has 0 radical (unpaired) electrons. The van der Waals surface area contributed by atoms with Crippen molar-refractivity contribution in [2.24, 2.45) is 0 Å². The van der Waals surface area contributed by atoms with E-state index in [1.807, 2.05) is 19.1 Å². The Morgan fingerprint density at radius 1 is 1.15 bits per heavy atom. The molecule has 33 heavy (non-hydrogen) atoms. The number of carbonyl (C=O) groups is 1. The zero-order valence-electron chi connectivity index (χ0n) is 18.4. The Labute approximate surface area is 189 Å². The summed E-state index contributed by atoms with van der Waals surface area (Å²) in [5, 5.41) is 6.69. The van der Waals surface area contributed by atoms with Crippen LogP contribution < -0.4 is 10.6 Å². The van der Waals surface area contributed by atoms with Crippen molar-refractivity contribution in [1.29, 1.82) is 0 Å². The van der Waals surface area contributed by atoms with E-state index in [9.17, 15) is 9.18 Å². The summed E-state index contributed by atoms with van der Waals surface area (Å²) in [7, 11) is 1.63. The molecule has 0 saturated heterocycles. The van der Waals surface area contributed by atoms with E-state index in [-0.39, 0.29) is 16.9 Å². The molecule has 0 fully saturated rings. The molecule has 0 aliphatic carbocycles. The third-order valence-electron chi connectivity index (χ3n) is 5.08. The number of ketones is 1. The lowest BCUT2D eigenvalue weighted by molar-refractivity contribution is 0.103. The second-order valence-corrected chi connectivity index (χ2v) is 7.30. The van der Waals surface area contributed by atoms with E-state index in [0.29, 0.717) is 35.7 Å². The number of nitrogens with one attached hydrogen (secondary N) is 3. The number of anilines is 3. The zero-order valence-corrected chi connectivity index (χ0v) is 18.4. The van der Waals surface area contributed by atoms with Crippen LogP contribution >= 0.6 is 0 Å². The number of ether oxygens (including phenoxy) is 1. The Kier molecular flexibility index (Phi) is 6.84. The van der Waals surface area contributed by atoms with E-state index in [1.165, 1.54) is 18.6 Å². The summed E-state index contributed by atoms with van der Waals surface area (Å²) in [5.41, 5.74) is 2.24. The van der Waals surface area contributed by atoms with Crippen molar-refractivity contribution in [3.8, 4) is 0 Å². The second kappa shape index (κ2) is 10.1. The summed E-state index contributed by atoms with van der Waals surface area (Å²) < 4.78 is 19.9. The number of hydrogen-bond donors (Lipinski definition) is 3. The van der Waals surface area contributed by atoms with Gasteiger partial charge in [-0.3, -0.25) is 9.78 Å². The van der Waals surface area contributed by atoms with Crippen LogP contribution in [-0.4, -0.2) is 51.0 Å². The topological polar surface area (TPSA) is 118 Å². The van der Waals surface area contributed by atoms with Crippen molar-refractivity contribution in [3.05, 3.63) is 65.8 Å². The van der Waals surface area contributed by atoms with Gasteiger partial charge in [-0.15, -0.1) is 0 Å². The Morgan fingerprint density at radius 3 is 2.76 bits per heavy atom. The zero-order chi connectivity index (χ0) is 23.2. The molecule has 4 aromatic heterocycles. The largest absolute Gasteiger partial charge is 0.385 e. The fourth-order valence-electron chi connectivity index (χ4n) is 3.37. The smallest absolute Gasteiger partial charge is 0.226 e. The molecule has 4 rings (SSSR count). The number of aromatic amines is 1. The molecule has 4 heterocycles. The van der Waals surface area contributed by atoms with Gasteiger partial charge in [0.1, 0.15) is 23.6 Å². The van der Waals surface area contributed by atoms with Gasteiger partial charge >= 0.3 is 0 Å². The van der Waals surface area contributed by atoms with Gasteiger partial charge in [0.2, 0.25) is 5.95 Å². The van der Waals surface area contributed by atoms with Crippen molar-refractivity contribution in [3.63, 3.8) is 0 Å². The highest BCUT2D eigenvalue weighted by molar-refractivity contribution is 6.18. The van der Waals surface area contributed by atoms with Crippen LogP contribution in [-0.2, 0) is 11.2 Å². The Morgan fingerprint density at radius 2 is 2.03 bits per heavy atom. The van der Waals surface area contributed by atoms with Gasteiger partial charge in [-0.05, 0) is 37.1 Å². The molecule has 0 aliphatic rings. The van der Waals surface area contributed by atoms with Crippen LogP contribution in [0.1, 0.15) is 35.0 Å². The van der Waals surface area contributed by atoms with Crippen LogP contribution in [0.2, 0.25) is 0 Å². The second-order valence-electron chi connectivity index (χ2n) is 7.30. The molecule has 0 bridgehead atoms. The number of aromatic nitrogens is 5. The molecule has 0 aliphatic heterocycles. The third kappa shape index (κ3) is 4.96. The Balaban J connectivity index is 1.57. The molecule has 0 amide bonds. The van der Waals surface area contributed by atoms with E-state index in [0.717, 1.165) is 18.5 Å². The number of H-pyrrole nitrogens is 1. The van der Waals surface area contributed by atoms with Gasteiger partial charge in [-0.1, -0.05) is 6.92 Å². The van der Waals surface area contributed by atoms with E-state index < -0.39 is 11.7 Å². The van der Waals surface area contributed by atoms with Crippen molar-refractivity contribution in [2.45, 2.75) is 19.8 Å². The average Bonchev–Trinajstić information content (AvgIpc) is 3.27. The summed E-state index contributed by atoms with van der Waals surface area (Å²) in [6, 6.07) is 6.70. The van der Waals surface area contributed by atoms with Gasteiger partial charge in [0.05, 0.1) is 28.4 Å². The van der Waals surface area contributed by atoms with Gasteiger partial charge in [-0.25, -0.2) is 15.0 Å². The number of rotatable bonds is 10. The minimum Gasteiger partial charge on any atom is -0.385 e. The summed E-state index contributed by atoms with van der Waals surface area (Å²) in [5.74, 6) is -0.612. The lowest BCUT2D eigenvalue weighted by atomic mass is 10.0. The number of fused-ring (bicyclic) bond motifs is 1. The van der Waals surface area contributed by atoms with Crippen molar-refractivity contribution >= 4 is 34.1 Å². The summed E-state index contributed by atoms with van der Waals surface area (Å²) >= 11 is 0. The van der Waals surface area contributed by atoms with Crippen LogP contribution in [0.5, 0.6) is 0 Å². The third-order valence-corrected chi connectivity index (χ3v) is 5.08. The van der Waals surface area contributed by atoms with Crippen LogP contribution in [0.25, 0.3) is 11.0 Å². The molecule has 3 N–H and O–H groups in total. The molecule has 0 aromatic carbocycles. The molecule has 0 unspecified atom stereocenters. The predicted molar refractivity (Wildman–Crippen MR) is 123 cm³/mol. The monoisotopic (exact) mass is 449 g/mol.